The molecule has 2 aromatic carbocycles. The summed E-state index contributed by atoms with van der Waals surface area (Å²) in [6.45, 7) is -0.186. The van der Waals surface area contributed by atoms with Crippen LogP contribution in [-0.2, 0) is 11.3 Å². The van der Waals surface area contributed by atoms with Gasteiger partial charge in [-0.15, -0.1) is 0 Å². The molecule has 0 aliphatic rings. The van der Waals surface area contributed by atoms with Crippen molar-refractivity contribution < 1.29 is 19.1 Å². The molecule has 0 bridgehead atoms. The lowest BCUT2D eigenvalue weighted by Crippen LogP contribution is -2.24. The van der Waals surface area contributed by atoms with E-state index >= 15 is 0 Å². The number of amides is 1. The zero-order valence-corrected chi connectivity index (χ0v) is 19.1. The number of hydrogen-bond donors (Lipinski definition) is 1. The summed E-state index contributed by atoms with van der Waals surface area (Å²) in [4.78, 5) is 43.3. The summed E-state index contributed by atoms with van der Waals surface area (Å²) in [5.41, 5.74) is 0.589. The number of pyridine rings is 2. The highest BCUT2D eigenvalue weighted by molar-refractivity contribution is 6.33. The number of para-hydroxylation sites is 1. The Kier molecular flexibility index (Phi) is 6.60. The minimum atomic E-state index is -0.486. The number of carbonyl (C=O) groups excluding carboxylic acids is 2. The van der Waals surface area contributed by atoms with Crippen LogP contribution < -0.4 is 20.2 Å². The molecule has 0 fully saturated rings. The number of halogens is 1. The maximum Gasteiger partial charge on any atom is 0.244 e. The first-order valence-corrected chi connectivity index (χ1v) is 10.6. The second-order valence-electron chi connectivity index (χ2n) is 7.32. The first kappa shape index (κ1) is 23.0. The summed E-state index contributed by atoms with van der Waals surface area (Å²) in [5.74, 6) is -0.171. The molecular formula is C25H20ClN3O5. The molecule has 0 aliphatic carbocycles. The topological polar surface area (TPSA) is 99.5 Å². The number of benzene rings is 2. The number of anilines is 1. The number of ketones is 1. The lowest BCUT2D eigenvalue weighted by atomic mass is 10.0. The number of ether oxygens (including phenoxy) is 2. The van der Waals surface area contributed by atoms with Gasteiger partial charge in [0.05, 0.1) is 41.4 Å². The van der Waals surface area contributed by atoms with Gasteiger partial charge in [-0.25, -0.2) is 0 Å². The predicted molar refractivity (Wildman–Crippen MR) is 129 cm³/mol. The molecule has 8 nitrogen and oxygen atoms in total. The highest BCUT2D eigenvalue weighted by Crippen LogP contribution is 2.31. The zero-order chi connectivity index (χ0) is 24.2. The molecule has 0 radical (unpaired) electrons. The van der Waals surface area contributed by atoms with Gasteiger partial charge in [-0.2, -0.15) is 0 Å². The van der Waals surface area contributed by atoms with Gasteiger partial charge in [0, 0.05) is 30.2 Å². The van der Waals surface area contributed by atoms with Crippen LogP contribution >= 0.6 is 11.6 Å². The fourth-order valence-electron chi connectivity index (χ4n) is 3.58. The van der Waals surface area contributed by atoms with Crippen molar-refractivity contribution in [2.45, 2.75) is 6.54 Å². The van der Waals surface area contributed by atoms with Crippen LogP contribution in [0.15, 0.2) is 71.9 Å². The van der Waals surface area contributed by atoms with Crippen LogP contribution in [0.5, 0.6) is 11.5 Å². The summed E-state index contributed by atoms with van der Waals surface area (Å²) in [6, 6.07) is 13.0. The van der Waals surface area contributed by atoms with E-state index in [1.807, 2.05) is 0 Å². The number of rotatable bonds is 7. The minimum Gasteiger partial charge on any atom is -0.493 e. The normalized spacial score (nSPS) is 10.7. The van der Waals surface area contributed by atoms with Crippen LogP contribution in [0.1, 0.15) is 15.9 Å². The van der Waals surface area contributed by atoms with Crippen LogP contribution in [0.2, 0.25) is 5.02 Å². The van der Waals surface area contributed by atoms with Crippen molar-refractivity contribution >= 4 is 39.9 Å². The van der Waals surface area contributed by atoms with Crippen LogP contribution in [0.25, 0.3) is 10.9 Å². The largest absolute Gasteiger partial charge is 0.493 e. The minimum absolute atomic E-state index is 0.0866. The van der Waals surface area contributed by atoms with E-state index in [1.165, 1.54) is 55.6 Å². The highest BCUT2D eigenvalue weighted by atomic mass is 35.5. The third-order valence-electron chi connectivity index (χ3n) is 5.23. The van der Waals surface area contributed by atoms with Crippen LogP contribution in [-0.4, -0.2) is 35.5 Å². The predicted octanol–water partition coefficient (Wildman–Crippen LogP) is 3.94. The number of nitrogens with zero attached hydrogens (tertiary/aromatic N) is 2. The van der Waals surface area contributed by atoms with E-state index in [-0.39, 0.29) is 17.5 Å². The van der Waals surface area contributed by atoms with E-state index in [4.69, 9.17) is 21.1 Å². The average Bonchev–Trinajstić information content (AvgIpc) is 2.86. The molecule has 34 heavy (non-hydrogen) atoms. The molecule has 172 valence electrons. The molecule has 2 aromatic heterocycles. The Hall–Kier alpha value is -4.17. The maximum absolute atomic E-state index is 13.3. The van der Waals surface area contributed by atoms with Gasteiger partial charge in [-0.05, 0) is 30.3 Å². The molecular weight excluding hydrogens is 458 g/mol. The molecule has 4 aromatic rings. The Labute approximate surface area is 199 Å². The third kappa shape index (κ3) is 4.49. The molecule has 1 N–H and O–H groups in total. The van der Waals surface area contributed by atoms with Gasteiger partial charge in [-0.3, -0.25) is 19.4 Å². The Morgan fingerprint density at radius 1 is 1.03 bits per heavy atom. The SMILES string of the molecule is COc1cc2c(=O)c(C(=O)c3ccncc3)cn(CC(=O)Nc3ccccc3Cl)c2cc1OC. The quantitative estimate of drug-likeness (QED) is 0.405. The van der Waals surface area contributed by atoms with Gasteiger partial charge in [0.15, 0.2) is 17.3 Å². The van der Waals surface area contributed by atoms with Crippen molar-refractivity contribution in [1.82, 2.24) is 9.55 Å². The average molecular weight is 478 g/mol. The Morgan fingerprint density at radius 2 is 1.71 bits per heavy atom. The summed E-state index contributed by atoms with van der Waals surface area (Å²) in [6.07, 6.45) is 4.32. The molecule has 2 heterocycles. The molecule has 0 spiro atoms. The molecule has 9 heteroatoms. The monoisotopic (exact) mass is 477 g/mol. The molecule has 0 atom stereocenters. The third-order valence-corrected chi connectivity index (χ3v) is 5.56. The first-order chi connectivity index (χ1) is 16.4. The molecule has 0 saturated heterocycles. The van der Waals surface area contributed by atoms with Gasteiger partial charge in [-0.1, -0.05) is 23.7 Å². The van der Waals surface area contributed by atoms with Crippen molar-refractivity contribution in [3.63, 3.8) is 0 Å². The summed E-state index contributed by atoms with van der Waals surface area (Å²) in [5, 5.41) is 3.35. The number of aromatic nitrogens is 2. The first-order valence-electron chi connectivity index (χ1n) is 10.2. The van der Waals surface area contributed by atoms with Gasteiger partial charge >= 0.3 is 0 Å². The van der Waals surface area contributed by atoms with E-state index in [1.54, 1.807) is 30.3 Å². The second kappa shape index (κ2) is 9.76. The number of hydrogen-bond acceptors (Lipinski definition) is 6. The van der Waals surface area contributed by atoms with Crippen LogP contribution in [0.3, 0.4) is 0 Å². The van der Waals surface area contributed by atoms with Gasteiger partial charge in [0.2, 0.25) is 11.3 Å². The molecule has 1 amide bonds. The van der Waals surface area contributed by atoms with Crippen molar-refractivity contribution in [3.05, 3.63) is 93.5 Å². The zero-order valence-electron chi connectivity index (χ0n) is 18.4. The highest BCUT2D eigenvalue weighted by Gasteiger charge is 2.20. The lowest BCUT2D eigenvalue weighted by molar-refractivity contribution is -0.116. The van der Waals surface area contributed by atoms with Crippen molar-refractivity contribution in [2.24, 2.45) is 0 Å². The van der Waals surface area contributed by atoms with Gasteiger partial charge in [0.25, 0.3) is 0 Å². The van der Waals surface area contributed by atoms with E-state index in [0.29, 0.717) is 33.3 Å². The Balaban J connectivity index is 1.85. The summed E-state index contributed by atoms with van der Waals surface area (Å²) >= 11 is 6.15. The van der Waals surface area contributed by atoms with E-state index in [2.05, 4.69) is 10.3 Å². The van der Waals surface area contributed by atoms with Crippen molar-refractivity contribution in [1.29, 1.82) is 0 Å². The number of nitrogens with one attached hydrogen (secondary N) is 1. The van der Waals surface area contributed by atoms with Crippen LogP contribution in [0.4, 0.5) is 5.69 Å². The Morgan fingerprint density at radius 3 is 2.38 bits per heavy atom. The second-order valence-corrected chi connectivity index (χ2v) is 7.72. The van der Waals surface area contributed by atoms with Crippen LogP contribution in [0, 0.1) is 0 Å². The number of methoxy groups -OCH3 is 2. The molecule has 4 rings (SSSR count). The lowest BCUT2D eigenvalue weighted by Gasteiger charge is -2.16. The van der Waals surface area contributed by atoms with E-state index in [0.717, 1.165) is 0 Å². The molecule has 0 aliphatic heterocycles. The summed E-state index contributed by atoms with van der Waals surface area (Å²) < 4.78 is 12.2. The number of fused-ring (bicyclic) bond motifs is 1. The van der Waals surface area contributed by atoms with E-state index < -0.39 is 17.1 Å². The standard InChI is InChI=1S/C25H20ClN3O5/c1-33-21-11-16-20(12-22(21)34-2)29(14-23(30)28-19-6-4-3-5-18(19)26)13-17(25(16)32)24(31)15-7-9-27-10-8-15/h3-13H,14H2,1-2H3,(H,28,30). The number of carbonyl (C=O) groups is 2. The maximum atomic E-state index is 13.3. The van der Waals surface area contributed by atoms with Gasteiger partial charge < -0.3 is 19.4 Å². The summed E-state index contributed by atoms with van der Waals surface area (Å²) in [7, 11) is 2.92. The Bertz CT molecular complexity index is 1450. The van der Waals surface area contributed by atoms with Crippen molar-refractivity contribution in [3.8, 4) is 11.5 Å². The fraction of sp³-hybridized carbons (Fsp3) is 0.120. The van der Waals surface area contributed by atoms with Crippen molar-refractivity contribution in [2.75, 3.05) is 19.5 Å². The fourth-order valence-corrected chi connectivity index (χ4v) is 3.76. The molecule has 0 unspecified atom stereocenters. The van der Waals surface area contributed by atoms with E-state index in [9.17, 15) is 14.4 Å². The van der Waals surface area contributed by atoms with Gasteiger partial charge in [0.1, 0.15) is 6.54 Å². The smallest absolute Gasteiger partial charge is 0.244 e. The molecule has 0 saturated carbocycles.